The summed E-state index contributed by atoms with van der Waals surface area (Å²) in [6, 6.07) is 0. The molecule has 0 saturated heterocycles. The highest BCUT2D eigenvalue weighted by Gasteiger charge is 2.62. The zero-order chi connectivity index (χ0) is 21.0. The highest BCUT2D eigenvalue weighted by molar-refractivity contribution is 5.91. The molecule has 3 fully saturated rings. The van der Waals surface area contributed by atoms with E-state index in [2.05, 4.69) is 13.8 Å². The molecule has 0 radical (unpaired) electrons. The van der Waals surface area contributed by atoms with E-state index in [1.807, 2.05) is 6.08 Å². The van der Waals surface area contributed by atoms with Gasteiger partial charge in [0, 0.05) is 31.1 Å². The summed E-state index contributed by atoms with van der Waals surface area (Å²) < 4.78 is 11.4. The Kier molecular flexibility index (Phi) is 5.15. The molecule has 4 aliphatic rings. The van der Waals surface area contributed by atoms with Crippen LogP contribution in [0.3, 0.4) is 0 Å². The first-order valence-corrected chi connectivity index (χ1v) is 11.2. The minimum atomic E-state index is -0.248. The van der Waals surface area contributed by atoms with Crippen molar-refractivity contribution in [2.45, 2.75) is 78.7 Å². The Balaban J connectivity index is 1.70. The average molecular weight is 403 g/mol. The van der Waals surface area contributed by atoms with Crippen molar-refractivity contribution in [1.82, 2.24) is 0 Å². The van der Waals surface area contributed by atoms with Crippen LogP contribution >= 0.6 is 0 Å². The molecule has 0 aromatic rings. The zero-order valence-corrected chi connectivity index (χ0v) is 18.2. The van der Waals surface area contributed by atoms with Crippen LogP contribution in [0.2, 0.25) is 0 Å². The number of rotatable bonds is 3. The summed E-state index contributed by atoms with van der Waals surface area (Å²) in [5.74, 6) is 1.69. The molecule has 0 spiro atoms. The molecule has 0 aromatic heterocycles. The van der Waals surface area contributed by atoms with Gasteiger partial charge in [-0.05, 0) is 68.3 Å². The summed E-state index contributed by atoms with van der Waals surface area (Å²) in [4.78, 5) is 35.6. The number of fused-ring (bicyclic) bond motifs is 5. The molecule has 3 saturated carbocycles. The lowest BCUT2D eigenvalue weighted by atomic mass is 9.45. The molecule has 0 N–H and O–H groups in total. The Labute approximate surface area is 173 Å². The van der Waals surface area contributed by atoms with Crippen molar-refractivity contribution in [2.75, 3.05) is 6.61 Å². The molecule has 0 amide bonds. The maximum absolute atomic E-state index is 12.2. The Morgan fingerprint density at radius 3 is 2.55 bits per heavy atom. The average Bonchev–Trinajstić information content (AvgIpc) is 2.96. The smallest absolute Gasteiger partial charge is 0.302 e. The van der Waals surface area contributed by atoms with Crippen LogP contribution in [0.4, 0.5) is 0 Å². The highest BCUT2D eigenvalue weighted by atomic mass is 16.5. The van der Waals surface area contributed by atoms with Gasteiger partial charge in [-0.3, -0.25) is 14.4 Å². The lowest BCUT2D eigenvalue weighted by Gasteiger charge is -2.60. The molecular formula is C24H34O5. The predicted molar refractivity (Wildman–Crippen MR) is 108 cm³/mol. The Morgan fingerprint density at radius 2 is 1.86 bits per heavy atom. The zero-order valence-electron chi connectivity index (χ0n) is 18.2. The summed E-state index contributed by atoms with van der Waals surface area (Å²) in [6.45, 7) is 8.01. The highest BCUT2D eigenvalue weighted by Crippen LogP contribution is 2.67. The van der Waals surface area contributed by atoms with E-state index >= 15 is 0 Å². The van der Waals surface area contributed by atoms with Crippen LogP contribution in [0.25, 0.3) is 0 Å². The van der Waals surface area contributed by atoms with Gasteiger partial charge >= 0.3 is 11.9 Å². The molecule has 29 heavy (non-hydrogen) atoms. The summed E-state index contributed by atoms with van der Waals surface area (Å²) in [5, 5.41) is 0. The fourth-order valence-corrected chi connectivity index (χ4v) is 7.57. The van der Waals surface area contributed by atoms with Gasteiger partial charge in [0.1, 0.15) is 12.7 Å². The van der Waals surface area contributed by atoms with Gasteiger partial charge in [0.2, 0.25) is 0 Å². The van der Waals surface area contributed by atoms with Crippen molar-refractivity contribution in [1.29, 1.82) is 0 Å². The molecule has 5 nitrogen and oxygen atoms in total. The normalized spacial score (nSPS) is 43.5. The lowest BCUT2D eigenvalue weighted by Crippen LogP contribution is -2.56. The Bertz CT molecular complexity index is 754. The van der Waals surface area contributed by atoms with E-state index in [0.717, 1.165) is 38.5 Å². The third-order valence-corrected chi connectivity index (χ3v) is 8.79. The second-order valence-corrected chi connectivity index (χ2v) is 10.3. The standard InChI is InChI=1S/C24H34O5/c1-14-11-17-12-18(27)7-10-24(17,13-28-15(2)25)20-8-9-23(4)19(22(14)20)5-6-21(23)29-16(3)26/h12,14,19-22H,5-11,13H2,1-4H3/t14-,19?,20?,21-,22?,23-,24+/m0/s1. The van der Waals surface area contributed by atoms with Crippen LogP contribution in [0.15, 0.2) is 11.6 Å². The third-order valence-electron chi connectivity index (χ3n) is 8.79. The number of esters is 2. The van der Waals surface area contributed by atoms with E-state index in [4.69, 9.17) is 9.47 Å². The van der Waals surface area contributed by atoms with Crippen molar-refractivity contribution in [2.24, 2.45) is 34.5 Å². The fourth-order valence-electron chi connectivity index (χ4n) is 7.57. The molecule has 0 aromatic carbocycles. The first kappa shape index (κ1) is 20.6. The van der Waals surface area contributed by atoms with Gasteiger partial charge in [-0.2, -0.15) is 0 Å². The van der Waals surface area contributed by atoms with E-state index in [0.29, 0.717) is 36.7 Å². The van der Waals surface area contributed by atoms with Gasteiger partial charge in [-0.1, -0.05) is 19.4 Å². The van der Waals surface area contributed by atoms with Gasteiger partial charge in [-0.25, -0.2) is 0 Å². The van der Waals surface area contributed by atoms with Gasteiger partial charge in [-0.15, -0.1) is 0 Å². The van der Waals surface area contributed by atoms with E-state index in [1.165, 1.54) is 19.4 Å². The number of ketones is 1. The number of carbonyl (C=O) groups is 3. The maximum atomic E-state index is 12.2. The molecule has 0 aliphatic heterocycles. The van der Waals surface area contributed by atoms with E-state index < -0.39 is 0 Å². The summed E-state index contributed by atoms with van der Waals surface area (Å²) >= 11 is 0. The number of hydrogen-bond acceptors (Lipinski definition) is 5. The Hall–Kier alpha value is -1.65. The first-order chi connectivity index (χ1) is 13.7. The molecule has 4 aliphatic carbocycles. The minimum absolute atomic E-state index is 0.00689. The molecule has 7 atom stereocenters. The second kappa shape index (κ2) is 7.24. The largest absolute Gasteiger partial charge is 0.465 e. The van der Waals surface area contributed by atoms with Crippen molar-refractivity contribution >= 4 is 17.7 Å². The predicted octanol–water partition coefficient (Wildman–Crippen LogP) is 4.24. The van der Waals surface area contributed by atoms with Crippen LogP contribution in [-0.4, -0.2) is 30.4 Å². The Morgan fingerprint density at radius 1 is 1.10 bits per heavy atom. The molecule has 3 unspecified atom stereocenters. The monoisotopic (exact) mass is 402 g/mol. The molecule has 5 heteroatoms. The molecule has 0 bridgehead atoms. The minimum Gasteiger partial charge on any atom is -0.465 e. The van der Waals surface area contributed by atoms with Crippen LogP contribution in [-0.2, 0) is 23.9 Å². The SMILES string of the molecule is CC(=O)OC[C@]12CCC(=O)C=C1C[C@H](C)C1C2CC[C@@]2(C)C1CC[C@@H]2OC(C)=O. The topological polar surface area (TPSA) is 69.7 Å². The third kappa shape index (κ3) is 3.25. The summed E-state index contributed by atoms with van der Waals surface area (Å²) in [7, 11) is 0. The number of hydrogen-bond donors (Lipinski definition) is 0. The van der Waals surface area contributed by atoms with Gasteiger partial charge in [0.15, 0.2) is 5.78 Å². The van der Waals surface area contributed by atoms with Crippen molar-refractivity contribution < 1.29 is 23.9 Å². The lowest BCUT2D eigenvalue weighted by molar-refractivity contribution is -0.162. The quantitative estimate of drug-likeness (QED) is 0.661. The summed E-state index contributed by atoms with van der Waals surface area (Å²) in [6.07, 6.45) is 8.18. The number of ether oxygens (including phenoxy) is 2. The second-order valence-electron chi connectivity index (χ2n) is 10.3. The van der Waals surface area contributed by atoms with Gasteiger partial charge < -0.3 is 9.47 Å². The van der Waals surface area contributed by atoms with Gasteiger partial charge in [0.25, 0.3) is 0 Å². The van der Waals surface area contributed by atoms with Crippen LogP contribution < -0.4 is 0 Å². The molecular weight excluding hydrogens is 368 g/mol. The first-order valence-electron chi connectivity index (χ1n) is 11.2. The van der Waals surface area contributed by atoms with Crippen LogP contribution in [0.1, 0.15) is 72.6 Å². The van der Waals surface area contributed by atoms with E-state index in [1.54, 1.807) is 0 Å². The van der Waals surface area contributed by atoms with Crippen molar-refractivity contribution in [3.05, 3.63) is 11.6 Å². The maximum Gasteiger partial charge on any atom is 0.302 e. The molecule has 160 valence electrons. The van der Waals surface area contributed by atoms with Gasteiger partial charge in [0.05, 0.1) is 0 Å². The molecule has 0 heterocycles. The van der Waals surface area contributed by atoms with Crippen LogP contribution in [0.5, 0.6) is 0 Å². The van der Waals surface area contributed by atoms with E-state index in [9.17, 15) is 14.4 Å². The van der Waals surface area contributed by atoms with Crippen LogP contribution in [0, 0.1) is 34.5 Å². The van der Waals surface area contributed by atoms with Crippen molar-refractivity contribution in [3.63, 3.8) is 0 Å². The van der Waals surface area contributed by atoms with E-state index in [-0.39, 0.29) is 34.7 Å². The summed E-state index contributed by atoms with van der Waals surface area (Å²) in [5.41, 5.74) is 1.04. The molecule has 4 rings (SSSR count). The fraction of sp³-hybridized carbons (Fsp3) is 0.792. The number of carbonyl (C=O) groups excluding carboxylic acids is 3. The van der Waals surface area contributed by atoms with Crippen molar-refractivity contribution in [3.8, 4) is 0 Å².